The van der Waals surface area contributed by atoms with E-state index >= 15 is 0 Å². The van der Waals surface area contributed by atoms with Crippen molar-refractivity contribution in [3.63, 3.8) is 0 Å². The third-order valence-corrected chi connectivity index (χ3v) is 5.04. The molecule has 1 amide bonds. The quantitative estimate of drug-likeness (QED) is 0.306. The number of nitrogens with one attached hydrogen (secondary N) is 1. The molecule has 2 aromatic carbocycles. The van der Waals surface area contributed by atoms with Crippen molar-refractivity contribution in [1.82, 2.24) is 30.7 Å². The molecule has 0 spiro atoms. The van der Waals surface area contributed by atoms with Crippen molar-refractivity contribution < 1.29 is 14.2 Å². The normalized spacial score (nSPS) is 11.4. The number of amides is 1. The molecule has 3 N–H and O–H groups in total. The largest absolute Gasteiger partial charge is 0.497 e. The number of methoxy groups -OCH3 is 1. The highest BCUT2D eigenvalue weighted by Gasteiger charge is 2.25. The molecule has 0 atom stereocenters. The average Bonchev–Trinajstić information content (AvgIpc) is 3.43. The number of carbonyl (C=O) groups is 1. The summed E-state index contributed by atoms with van der Waals surface area (Å²) in [5, 5.41) is 19.6. The van der Waals surface area contributed by atoms with Crippen LogP contribution in [0.25, 0.3) is 17.1 Å². The molecular weight excluding hydrogens is 480 g/mol. The van der Waals surface area contributed by atoms with E-state index < -0.39 is 5.91 Å². The second kappa shape index (κ2) is 8.98. The number of nitrogens with zero attached hydrogens (tertiary/aromatic N) is 6. The minimum atomic E-state index is -0.569. The third kappa shape index (κ3) is 4.21. The van der Waals surface area contributed by atoms with Gasteiger partial charge in [0.15, 0.2) is 5.69 Å². The summed E-state index contributed by atoms with van der Waals surface area (Å²) in [6, 6.07) is 14.6. The Morgan fingerprint density at radius 3 is 2.69 bits per heavy atom. The fourth-order valence-corrected chi connectivity index (χ4v) is 3.16. The van der Waals surface area contributed by atoms with Crippen LogP contribution in [0.3, 0.4) is 0 Å². The minimum Gasteiger partial charge on any atom is -0.497 e. The fraction of sp³-hybridized carbons (Fsp3) is 0.100. The van der Waals surface area contributed by atoms with Gasteiger partial charge in [-0.15, -0.1) is 5.10 Å². The molecule has 162 valence electrons. The molecule has 2 heterocycles. The van der Waals surface area contributed by atoms with Gasteiger partial charge in [-0.05, 0) is 47.1 Å². The van der Waals surface area contributed by atoms with Crippen LogP contribution >= 0.6 is 15.9 Å². The second-order valence-corrected chi connectivity index (χ2v) is 7.46. The molecule has 0 aliphatic rings. The highest BCUT2D eigenvalue weighted by atomic mass is 79.9. The molecule has 0 unspecified atom stereocenters. The first-order valence-corrected chi connectivity index (χ1v) is 10.1. The summed E-state index contributed by atoms with van der Waals surface area (Å²) in [7, 11) is 1.54. The molecule has 0 saturated heterocycles. The summed E-state index contributed by atoms with van der Waals surface area (Å²) >= 11 is 3.39. The summed E-state index contributed by atoms with van der Waals surface area (Å²) in [4.78, 5) is 13.0. The summed E-state index contributed by atoms with van der Waals surface area (Å²) in [6.45, 7) is 1.78. The van der Waals surface area contributed by atoms with Crippen molar-refractivity contribution in [1.29, 1.82) is 0 Å². The molecule has 0 bridgehead atoms. The van der Waals surface area contributed by atoms with E-state index in [0.717, 1.165) is 10.0 Å². The molecule has 0 aliphatic heterocycles. The Hall–Kier alpha value is -4.06. The molecule has 12 heteroatoms. The highest BCUT2D eigenvalue weighted by Crippen LogP contribution is 2.29. The summed E-state index contributed by atoms with van der Waals surface area (Å²) < 4.78 is 12.2. The number of ether oxygens (including phenoxy) is 1. The lowest BCUT2D eigenvalue weighted by Gasteiger charge is -2.08. The van der Waals surface area contributed by atoms with Crippen LogP contribution in [0.2, 0.25) is 0 Å². The van der Waals surface area contributed by atoms with Crippen molar-refractivity contribution in [2.45, 2.75) is 6.92 Å². The van der Waals surface area contributed by atoms with Crippen LogP contribution in [0, 0.1) is 0 Å². The van der Waals surface area contributed by atoms with Gasteiger partial charge >= 0.3 is 0 Å². The van der Waals surface area contributed by atoms with Gasteiger partial charge in [0, 0.05) is 10.0 Å². The first-order chi connectivity index (χ1) is 15.5. The van der Waals surface area contributed by atoms with E-state index in [-0.39, 0.29) is 17.3 Å². The standard InChI is InChI=1S/C20H17BrN8O3/c1-11(12-6-8-14(21)9-7-12)23-25-20(30)16-17(13-4-3-5-15(10-13)31-2)29(28-24-16)19-18(22)26-32-27-19/h3-10H,1-2H3,(H2,22,26)(H,25,30)/b23-11+. The lowest BCUT2D eigenvalue weighted by Crippen LogP contribution is -2.21. The number of hydrogen-bond donors (Lipinski definition) is 2. The third-order valence-electron chi connectivity index (χ3n) is 4.51. The maximum Gasteiger partial charge on any atom is 0.294 e. The highest BCUT2D eigenvalue weighted by molar-refractivity contribution is 9.10. The molecule has 0 aliphatic carbocycles. The molecule has 0 saturated carbocycles. The number of carbonyl (C=O) groups excluding carboxylic acids is 1. The summed E-state index contributed by atoms with van der Waals surface area (Å²) in [5.74, 6) is 0.108. The Kier molecular flexibility index (Phi) is 5.94. The van der Waals surface area contributed by atoms with Crippen LogP contribution in [-0.4, -0.2) is 44.0 Å². The molecule has 0 radical (unpaired) electrons. The smallest absolute Gasteiger partial charge is 0.294 e. The van der Waals surface area contributed by atoms with Gasteiger partial charge < -0.3 is 10.5 Å². The van der Waals surface area contributed by atoms with E-state index in [0.29, 0.717) is 22.7 Å². The van der Waals surface area contributed by atoms with E-state index in [9.17, 15) is 4.79 Å². The van der Waals surface area contributed by atoms with Crippen LogP contribution in [0.5, 0.6) is 5.75 Å². The molecule has 0 fully saturated rings. The Morgan fingerprint density at radius 1 is 1.22 bits per heavy atom. The lowest BCUT2D eigenvalue weighted by molar-refractivity contribution is 0.0950. The fourth-order valence-electron chi connectivity index (χ4n) is 2.89. The van der Waals surface area contributed by atoms with E-state index in [4.69, 9.17) is 10.5 Å². The first kappa shape index (κ1) is 21.2. The van der Waals surface area contributed by atoms with E-state index in [1.165, 1.54) is 4.68 Å². The number of nitrogen functional groups attached to an aromatic ring is 1. The zero-order valence-corrected chi connectivity index (χ0v) is 18.6. The van der Waals surface area contributed by atoms with Crippen molar-refractivity contribution >= 4 is 33.4 Å². The number of nitrogens with two attached hydrogens (primary N) is 1. The zero-order valence-electron chi connectivity index (χ0n) is 17.0. The van der Waals surface area contributed by atoms with E-state index in [1.54, 1.807) is 38.3 Å². The molecule has 4 rings (SSSR count). The van der Waals surface area contributed by atoms with Gasteiger partial charge in [0.1, 0.15) is 11.4 Å². The van der Waals surface area contributed by atoms with Crippen LogP contribution in [-0.2, 0) is 0 Å². The average molecular weight is 497 g/mol. The number of aromatic nitrogens is 5. The van der Waals surface area contributed by atoms with Crippen molar-refractivity contribution in [3.05, 3.63) is 64.3 Å². The van der Waals surface area contributed by atoms with Crippen molar-refractivity contribution in [3.8, 4) is 22.8 Å². The van der Waals surface area contributed by atoms with Crippen LogP contribution in [0.4, 0.5) is 5.82 Å². The lowest BCUT2D eigenvalue weighted by atomic mass is 10.1. The van der Waals surface area contributed by atoms with Gasteiger partial charge in [-0.25, -0.2) is 10.1 Å². The molecule has 2 aromatic heterocycles. The Morgan fingerprint density at radius 2 is 2.00 bits per heavy atom. The topological polar surface area (TPSA) is 146 Å². The van der Waals surface area contributed by atoms with Crippen molar-refractivity contribution in [2.75, 3.05) is 12.8 Å². The summed E-state index contributed by atoms with van der Waals surface area (Å²) in [6.07, 6.45) is 0. The summed E-state index contributed by atoms with van der Waals surface area (Å²) in [5.41, 5.74) is 10.7. The Balaban J connectivity index is 1.72. The minimum absolute atomic E-state index is 0.00453. The second-order valence-electron chi connectivity index (χ2n) is 6.55. The first-order valence-electron chi connectivity index (χ1n) is 9.27. The van der Waals surface area contributed by atoms with Crippen LogP contribution in [0.15, 0.2) is 62.7 Å². The molecule has 4 aromatic rings. The van der Waals surface area contributed by atoms with Gasteiger partial charge in [0.25, 0.3) is 5.91 Å². The molecule has 32 heavy (non-hydrogen) atoms. The molecular formula is C20H17BrN8O3. The monoisotopic (exact) mass is 496 g/mol. The maximum absolute atomic E-state index is 13.0. The van der Waals surface area contributed by atoms with Gasteiger partial charge in [-0.1, -0.05) is 45.4 Å². The van der Waals surface area contributed by atoms with E-state index in [2.05, 4.69) is 51.7 Å². The van der Waals surface area contributed by atoms with Crippen molar-refractivity contribution in [2.24, 2.45) is 5.10 Å². The predicted octanol–water partition coefficient (Wildman–Crippen LogP) is 2.82. The van der Waals surface area contributed by atoms with Crippen LogP contribution in [0.1, 0.15) is 23.0 Å². The number of anilines is 1. The number of benzene rings is 2. The maximum atomic E-state index is 13.0. The van der Waals surface area contributed by atoms with Crippen LogP contribution < -0.4 is 15.9 Å². The SMILES string of the molecule is COc1cccc(-c2c(C(=O)N/N=C(\C)c3ccc(Br)cc3)nnn2-c2nonc2N)c1. The predicted molar refractivity (Wildman–Crippen MR) is 119 cm³/mol. The van der Waals surface area contributed by atoms with E-state index in [1.807, 2.05) is 24.3 Å². The number of hydrazone groups is 1. The number of hydrogen-bond acceptors (Lipinski definition) is 9. The Labute approximate surface area is 190 Å². The number of halogens is 1. The molecule has 11 nitrogen and oxygen atoms in total. The van der Waals surface area contributed by atoms with Gasteiger partial charge in [0.05, 0.1) is 12.8 Å². The van der Waals surface area contributed by atoms with Gasteiger partial charge in [-0.2, -0.15) is 9.78 Å². The Bertz CT molecular complexity index is 1300. The van der Waals surface area contributed by atoms with Gasteiger partial charge in [0.2, 0.25) is 11.6 Å². The number of rotatable bonds is 6. The zero-order chi connectivity index (χ0) is 22.7. The van der Waals surface area contributed by atoms with Gasteiger partial charge in [-0.3, -0.25) is 4.79 Å².